The van der Waals surface area contributed by atoms with Gasteiger partial charge in [-0.3, -0.25) is 4.79 Å². The monoisotopic (exact) mass is 381 g/mol. The fourth-order valence-electron chi connectivity index (χ4n) is 3.31. The largest absolute Gasteiger partial charge is 0.352 e. The lowest BCUT2D eigenvalue weighted by atomic mass is 9.95. The Labute approximate surface area is 162 Å². The number of rotatable bonds is 5. The van der Waals surface area contributed by atoms with Gasteiger partial charge in [-0.05, 0) is 67.9 Å². The minimum absolute atomic E-state index is 0.113. The molecular formula is C21H20FN3OS. The van der Waals surface area contributed by atoms with Crippen LogP contribution in [0.1, 0.15) is 53.3 Å². The normalized spacial score (nSPS) is 16.9. The van der Waals surface area contributed by atoms with E-state index in [0.717, 1.165) is 49.8 Å². The Bertz CT molecular complexity index is 903. The molecule has 0 spiro atoms. The molecule has 1 saturated carbocycles. The van der Waals surface area contributed by atoms with Crippen LogP contribution in [0.5, 0.6) is 0 Å². The van der Waals surface area contributed by atoms with Crippen LogP contribution in [0.15, 0.2) is 35.4 Å². The first-order valence-electron chi connectivity index (χ1n) is 9.29. The Balaban J connectivity index is 1.67. The third-order valence-electron chi connectivity index (χ3n) is 4.95. The van der Waals surface area contributed by atoms with Gasteiger partial charge in [0.25, 0.3) is 0 Å². The molecule has 0 bridgehead atoms. The van der Waals surface area contributed by atoms with Crippen LogP contribution >= 0.6 is 11.8 Å². The van der Waals surface area contributed by atoms with E-state index in [9.17, 15) is 14.4 Å². The lowest BCUT2D eigenvalue weighted by Crippen LogP contribution is -2.29. The molecule has 6 heteroatoms. The third kappa shape index (κ3) is 4.14. The molecule has 0 aliphatic heterocycles. The first-order chi connectivity index (χ1) is 13.1. The van der Waals surface area contributed by atoms with Crippen LogP contribution in [0.4, 0.5) is 4.39 Å². The van der Waals surface area contributed by atoms with Crippen molar-refractivity contribution < 1.29 is 9.18 Å². The van der Waals surface area contributed by atoms with E-state index in [4.69, 9.17) is 4.98 Å². The van der Waals surface area contributed by atoms with E-state index in [1.807, 2.05) is 6.07 Å². The molecule has 4 nitrogen and oxygen atoms in total. The second-order valence-electron chi connectivity index (χ2n) is 7.10. The molecule has 1 unspecified atom stereocenters. The zero-order valence-corrected chi connectivity index (χ0v) is 15.7. The van der Waals surface area contributed by atoms with Gasteiger partial charge in [-0.25, -0.2) is 9.37 Å². The zero-order valence-electron chi connectivity index (χ0n) is 14.9. The van der Waals surface area contributed by atoms with Crippen LogP contribution in [-0.2, 0) is 17.6 Å². The van der Waals surface area contributed by atoms with Crippen LogP contribution in [0.2, 0.25) is 0 Å². The average molecular weight is 381 g/mol. The number of amides is 1. The number of carbonyl (C=O) groups excluding carboxylic acids is 1. The Kier molecular flexibility index (Phi) is 5.13. The number of aryl methyl sites for hydroxylation is 2. The summed E-state index contributed by atoms with van der Waals surface area (Å²) in [6.45, 7) is 0. The number of hydrogen-bond acceptors (Lipinski definition) is 4. The molecule has 0 saturated heterocycles. The van der Waals surface area contributed by atoms with Gasteiger partial charge in [-0.1, -0.05) is 23.9 Å². The number of fused-ring (bicyclic) bond motifs is 1. The standard InChI is InChI=1S/C21H20FN3OS/c22-16-7-5-13(6-8-16)19(20(26)24-17-9-10-17)27-21-15(12-23)11-14-3-1-2-4-18(14)25-21/h5-8,11,17,19H,1-4,9-10H2,(H,24,26). The van der Waals surface area contributed by atoms with E-state index in [0.29, 0.717) is 16.2 Å². The number of carbonyl (C=O) groups is 1. The van der Waals surface area contributed by atoms with Gasteiger partial charge in [0.05, 0.1) is 5.56 Å². The molecule has 2 aliphatic rings. The van der Waals surface area contributed by atoms with E-state index in [2.05, 4.69) is 11.4 Å². The van der Waals surface area contributed by atoms with Crippen molar-refractivity contribution in [2.45, 2.75) is 54.8 Å². The van der Waals surface area contributed by atoms with Gasteiger partial charge < -0.3 is 5.32 Å². The van der Waals surface area contributed by atoms with Crippen molar-refractivity contribution in [3.8, 4) is 6.07 Å². The second kappa shape index (κ2) is 7.69. The summed E-state index contributed by atoms with van der Waals surface area (Å²) in [7, 11) is 0. The highest BCUT2D eigenvalue weighted by atomic mass is 32.2. The summed E-state index contributed by atoms with van der Waals surface area (Å²) < 4.78 is 13.3. The smallest absolute Gasteiger partial charge is 0.238 e. The lowest BCUT2D eigenvalue weighted by molar-refractivity contribution is -0.120. The van der Waals surface area contributed by atoms with Gasteiger partial charge >= 0.3 is 0 Å². The van der Waals surface area contributed by atoms with Gasteiger partial charge in [0.2, 0.25) is 5.91 Å². The maximum atomic E-state index is 13.3. The minimum Gasteiger partial charge on any atom is -0.352 e. The number of benzene rings is 1. The SMILES string of the molecule is N#Cc1cc2c(nc1SC(C(=O)NC1CC1)c1ccc(F)cc1)CCCC2. The minimum atomic E-state index is -0.563. The highest BCUT2D eigenvalue weighted by Gasteiger charge is 2.30. The van der Waals surface area contributed by atoms with Crippen LogP contribution in [-0.4, -0.2) is 16.9 Å². The van der Waals surface area contributed by atoms with E-state index < -0.39 is 5.25 Å². The fraction of sp³-hybridized carbons (Fsp3) is 0.381. The molecule has 27 heavy (non-hydrogen) atoms. The van der Waals surface area contributed by atoms with Crippen LogP contribution in [0.25, 0.3) is 0 Å². The van der Waals surface area contributed by atoms with Gasteiger partial charge in [-0.15, -0.1) is 0 Å². The number of nitrogens with one attached hydrogen (secondary N) is 1. The molecule has 138 valence electrons. The summed E-state index contributed by atoms with van der Waals surface area (Å²) in [5, 5.41) is 12.6. The number of hydrogen-bond donors (Lipinski definition) is 1. The molecule has 1 aromatic heterocycles. The summed E-state index contributed by atoms with van der Waals surface area (Å²) in [5.41, 5.74) is 3.39. The van der Waals surface area contributed by atoms with Gasteiger partial charge in [-0.2, -0.15) is 5.26 Å². The third-order valence-corrected chi connectivity index (χ3v) is 6.21. The quantitative estimate of drug-likeness (QED) is 0.793. The Morgan fingerprint density at radius 2 is 2.00 bits per heavy atom. The van der Waals surface area contributed by atoms with Crippen molar-refractivity contribution in [3.05, 3.63) is 58.5 Å². The molecule has 1 atom stereocenters. The zero-order chi connectivity index (χ0) is 18.8. The molecule has 4 rings (SSSR count). The highest BCUT2D eigenvalue weighted by Crippen LogP contribution is 2.38. The number of nitrogens with zero attached hydrogens (tertiary/aromatic N) is 2. The summed E-state index contributed by atoms with van der Waals surface area (Å²) in [6, 6.07) is 10.4. The molecule has 2 aromatic rings. The summed E-state index contributed by atoms with van der Waals surface area (Å²) in [6.07, 6.45) is 6.06. The van der Waals surface area contributed by atoms with Crippen molar-refractivity contribution in [2.75, 3.05) is 0 Å². The molecule has 0 radical (unpaired) electrons. The number of thioether (sulfide) groups is 1. The number of pyridine rings is 1. The maximum absolute atomic E-state index is 13.3. The van der Waals surface area contributed by atoms with Crippen LogP contribution in [0, 0.1) is 17.1 Å². The number of halogens is 1. The predicted molar refractivity (Wildman–Crippen MR) is 102 cm³/mol. The predicted octanol–water partition coefficient (Wildman–Crippen LogP) is 4.08. The summed E-state index contributed by atoms with van der Waals surface area (Å²) in [4.78, 5) is 17.6. The second-order valence-corrected chi connectivity index (χ2v) is 8.19. The van der Waals surface area contributed by atoms with E-state index in [1.54, 1.807) is 12.1 Å². The van der Waals surface area contributed by atoms with Crippen molar-refractivity contribution in [1.82, 2.24) is 10.3 Å². The number of nitriles is 1. The molecule has 1 amide bonds. The van der Waals surface area contributed by atoms with Gasteiger partial charge in [0.1, 0.15) is 22.2 Å². The van der Waals surface area contributed by atoms with Gasteiger partial charge in [0, 0.05) is 11.7 Å². The van der Waals surface area contributed by atoms with E-state index in [1.165, 1.54) is 23.9 Å². The molecule has 2 aliphatic carbocycles. The van der Waals surface area contributed by atoms with Crippen LogP contribution < -0.4 is 5.32 Å². The summed E-state index contributed by atoms with van der Waals surface area (Å²) in [5.74, 6) is -0.452. The Hall–Kier alpha value is -2.39. The first-order valence-corrected chi connectivity index (χ1v) is 10.2. The topological polar surface area (TPSA) is 65.8 Å². The lowest BCUT2D eigenvalue weighted by Gasteiger charge is -2.20. The van der Waals surface area contributed by atoms with Crippen molar-refractivity contribution >= 4 is 17.7 Å². The molecule has 1 N–H and O–H groups in total. The number of aromatic nitrogens is 1. The molecule has 1 heterocycles. The average Bonchev–Trinajstić information content (AvgIpc) is 3.50. The maximum Gasteiger partial charge on any atom is 0.238 e. The van der Waals surface area contributed by atoms with E-state index >= 15 is 0 Å². The molecule has 1 fully saturated rings. The first kappa shape index (κ1) is 18.0. The Morgan fingerprint density at radius 3 is 2.70 bits per heavy atom. The van der Waals surface area contributed by atoms with Crippen molar-refractivity contribution in [3.63, 3.8) is 0 Å². The van der Waals surface area contributed by atoms with Gasteiger partial charge in [0.15, 0.2) is 0 Å². The molecular weight excluding hydrogens is 361 g/mol. The fourth-order valence-corrected chi connectivity index (χ4v) is 4.40. The molecule has 1 aromatic carbocycles. The Morgan fingerprint density at radius 1 is 1.26 bits per heavy atom. The van der Waals surface area contributed by atoms with Crippen molar-refractivity contribution in [1.29, 1.82) is 5.26 Å². The van der Waals surface area contributed by atoms with Crippen molar-refractivity contribution in [2.24, 2.45) is 0 Å². The summed E-state index contributed by atoms with van der Waals surface area (Å²) >= 11 is 1.28. The van der Waals surface area contributed by atoms with E-state index in [-0.39, 0.29) is 17.8 Å². The van der Waals surface area contributed by atoms with Crippen LogP contribution in [0.3, 0.4) is 0 Å². The highest BCUT2D eigenvalue weighted by molar-refractivity contribution is 8.00.